The van der Waals surface area contributed by atoms with Gasteiger partial charge in [-0.3, -0.25) is 18.6 Å². The van der Waals surface area contributed by atoms with Gasteiger partial charge in [-0.15, -0.1) is 0 Å². The molecule has 178 valence electrons. The van der Waals surface area contributed by atoms with E-state index in [1.165, 1.54) is 17.0 Å². The predicted molar refractivity (Wildman–Crippen MR) is 126 cm³/mol. The maximum absolute atomic E-state index is 13.9. The highest BCUT2D eigenvalue weighted by Gasteiger charge is 2.38. The topological polar surface area (TPSA) is 148 Å². The number of aryl methyl sites for hydroxylation is 1. The van der Waals surface area contributed by atoms with Crippen LogP contribution < -0.4 is 11.5 Å². The Morgan fingerprint density at radius 3 is 2.50 bits per heavy atom. The first-order valence-electron chi connectivity index (χ1n) is 10.6. The summed E-state index contributed by atoms with van der Waals surface area (Å²) in [6.07, 6.45) is 0. The fraction of sp³-hybridized carbons (Fsp3) is 0.261. The lowest BCUT2D eigenvalue weighted by molar-refractivity contribution is 0.0995. The van der Waals surface area contributed by atoms with Gasteiger partial charge in [-0.05, 0) is 47.4 Å². The SMILES string of the molecule is Cc1cc(-c2nn3c(c2C(N)=O)C(c2ccc4c(c2)CS(O)(O)C4)N(C(N)=O)CC3)ccc1F. The molecule has 2 aliphatic rings. The third kappa shape index (κ3) is 3.61. The molecule has 0 saturated heterocycles. The lowest BCUT2D eigenvalue weighted by atomic mass is 9.92. The number of hydrogen-bond acceptors (Lipinski definition) is 5. The molecule has 0 spiro atoms. The van der Waals surface area contributed by atoms with Gasteiger partial charge < -0.3 is 16.4 Å². The van der Waals surface area contributed by atoms with Crippen molar-refractivity contribution >= 4 is 22.5 Å². The van der Waals surface area contributed by atoms with E-state index < -0.39 is 28.6 Å². The number of nitrogens with zero attached hydrogens (tertiary/aromatic N) is 3. The van der Waals surface area contributed by atoms with Crippen LogP contribution in [0.15, 0.2) is 36.4 Å². The lowest BCUT2D eigenvalue weighted by Gasteiger charge is -2.36. The van der Waals surface area contributed by atoms with Gasteiger partial charge in [0.1, 0.15) is 17.6 Å². The smallest absolute Gasteiger partial charge is 0.315 e. The number of urea groups is 1. The Morgan fingerprint density at radius 1 is 1.09 bits per heavy atom. The summed E-state index contributed by atoms with van der Waals surface area (Å²) in [5, 5.41) is 4.62. The van der Waals surface area contributed by atoms with E-state index >= 15 is 0 Å². The summed E-state index contributed by atoms with van der Waals surface area (Å²) >= 11 is 0. The van der Waals surface area contributed by atoms with Gasteiger partial charge in [-0.2, -0.15) is 15.7 Å². The van der Waals surface area contributed by atoms with Crippen LogP contribution in [0, 0.1) is 12.7 Å². The third-order valence-electron chi connectivity index (χ3n) is 6.40. The fourth-order valence-corrected chi connectivity index (χ4v) is 6.50. The van der Waals surface area contributed by atoms with Crippen molar-refractivity contribution in [3.63, 3.8) is 0 Å². The zero-order chi connectivity index (χ0) is 24.4. The van der Waals surface area contributed by atoms with E-state index in [0.29, 0.717) is 34.6 Å². The molecule has 1 unspecified atom stereocenters. The molecule has 2 aliphatic heterocycles. The Labute approximate surface area is 196 Å². The molecule has 0 bridgehead atoms. The number of rotatable bonds is 3. The first-order valence-corrected chi connectivity index (χ1v) is 12.5. The quantitative estimate of drug-likeness (QED) is 0.449. The molecule has 3 amide bonds. The number of aromatic nitrogens is 2. The molecule has 1 atom stereocenters. The summed E-state index contributed by atoms with van der Waals surface area (Å²) < 4.78 is 35.8. The summed E-state index contributed by atoms with van der Waals surface area (Å²) in [5.74, 6) is -0.799. The number of primary amides is 2. The second-order valence-corrected chi connectivity index (χ2v) is 10.9. The first-order chi connectivity index (χ1) is 16.1. The summed E-state index contributed by atoms with van der Waals surface area (Å²) in [6.45, 7) is 2.16. The Kier molecular flexibility index (Phi) is 5.15. The molecule has 6 N–H and O–H groups in total. The van der Waals surface area contributed by atoms with Gasteiger partial charge in [0.05, 0.1) is 29.3 Å². The maximum Gasteiger partial charge on any atom is 0.315 e. The Hall–Kier alpha value is -3.41. The number of fused-ring (bicyclic) bond motifs is 2. The van der Waals surface area contributed by atoms with Crippen LogP contribution >= 0.6 is 10.6 Å². The van der Waals surface area contributed by atoms with Gasteiger partial charge in [0.2, 0.25) is 0 Å². The zero-order valence-corrected chi connectivity index (χ0v) is 19.2. The van der Waals surface area contributed by atoms with Crippen molar-refractivity contribution in [2.24, 2.45) is 11.5 Å². The lowest BCUT2D eigenvalue weighted by Crippen LogP contribution is -2.46. The van der Waals surface area contributed by atoms with Crippen molar-refractivity contribution < 1.29 is 23.1 Å². The molecule has 3 heterocycles. The normalized spacial score (nSPS) is 19.4. The molecule has 0 saturated carbocycles. The van der Waals surface area contributed by atoms with E-state index in [9.17, 15) is 23.1 Å². The molecule has 2 aromatic carbocycles. The van der Waals surface area contributed by atoms with Crippen LogP contribution in [0.25, 0.3) is 11.3 Å². The highest BCUT2D eigenvalue weighted by atomic mass is 32.3. The van der Waals surface area contributed by atoms with Gasteiger partial charge >= 0.3 is 6.03 Å². The van der Waals surface area contributed by atoms with Crippen molar-refractivity contribution in [2.45, 2.75) is 31.0 Å². The van der Waals surface area contributed by atoms with E-state index in [0.717, 1.165) is 11.1 Å². The first kappa shape index (κ1) is 22.4. The van der Waals surface area contributed by atoms with Crippen molar-refractivity contribution in [1.29, 1.82) is 0 Å². The van der Waals surface area contributed by atoms with E-state index in [4.69, 9.17) is 11.5 Å². The van der Waals surface area contributed by atoms with Crippen LogP contribution in [0.2, 0.25) is 0 Å². The Balaban J connectivity index is 1.71. The van der Waals surface area contributed by atoms with Crippen LogP contribution in [0.5, 0.6) is 0 Å². The van der Waals surface area contributed by atoms with Crippen molar-refractivity contribution in [2.75, 3.05) is 6.54 Å². The molecular weight excluding hydrogens is 461 g/mol. The van der Waals surface area contributed by atoms with E-state index in [1.807, 2.05) is 6.07 Å². The van der Waals surface area contributed by atoms with Crippen molar-refractivity contribution in [3.8, 4) is 11.3 Å². The molecule has 0 aliphatic carbocycles. The second kappa shape index (κ2) is 7.83. The monoisotopic (exact) mass is 485 g/mol. The molecular formula is C23H24FN5O4S. The highest BCUT2D eigenvalue weighted by molar-refractivity contribution is 8.23. The molecule has 9 nitrogen and oxygen atoms in total. The third-order valence-corrected chi connectivity index (χ3v) is 7.94. The van der Waals surface area contributed by atoms with Gasteiger partial charge in [0.15, 0.2) is 0 Å². The summed E-state index contributed by atoms with van der Waals surface area (Å²) in [6, 6.07) is 8.40. The zero-order valence-electron chi connectivity index (χ0n) is 18.4. The van der Waals surface area contributed by atoms with Gasteiger partial charge in [0, 0.05) is 12.1 Å². The predicted octanol–water partition coefficient (Wildman–Crippen LogP) is 3.34. The second-order valence-electron chi connectivity index (χ2n) is 8.71. The van der Waals surface area contributed by atoms with Crippen LogP contribution in [0.4, 0.5) is 9.18 Å². The molecule has 0 radical (unpaired) electrons. The molecule has 1 aromatic heterocycles. The molecule has 3 aromatic rings. The van der Waals surface area contributed by atoms with Gasteiger partial charge in [0.25, 0.3) is 5.91 Å². The standard InChI is InChI=1S/C23H24FN5O4S/c1-12-8-13(4-5-17(12)24)19-18(22(25)30)21-20(28(23(26)31)6-7-29(21)27-19)14-2-3-15-10-34(32,33)11-16(15)9-14/h2-5,8-9,20,32-33H,6-7,10-11H2,1H3,(H2,25,30)(H2,26,31). The van der Waals surface area contributed by atoms with Crippen LogP contribution in [0.3, 0.4) is 0 Å². The Bertz CT molecular complexity index is 1360. The highest BCUT2D eigenvalue weighted by Crippen LogP contribution is 2.53. The van der Waals surface area contributed by atoms with Crippen molar-refractivity contribution in [1.82, 2.24) is 14.7 Å². The summed E-state index contributed by atoms with van der Waals surface area (Å²) in [4.78, 5) is 26.6. The number of carbonyl (C=O) groups excluding carboxylic acids is 2. The average molecular weight is 486 g/mol. The number of hydrogen-bond donors (Lipinski definition) is 4. The molecule has 0 fully saturated rings. The largest absolute Gasteiger partial charge is 0.365 e. The number of benzene rings is 2. The number of halogens is 1. The van der Waals surface area contributed by atoms with Crippen LogP contribution in [-0.2, 0) is 18.1 Å². The van der Waals surface area contributed by atoms with E-state index in [1.54, 1.807) is 29.8 Å². The van der Waals surface area contributed by atoms with E-state index in [2.05, 4.69) is 5.10 Å². The molecule has 11 heteroatoms. The summed E-state index contributed by atoms with van der Waals surface area (Å²) in [5.41, 5.74) is 15.6. The maximum atomic E-state index is 13.9. The molecule has 5 rings (SSSR count). The van der Waals surface area contributed by atoms with Gasteiger partial charge in [-0.25, -0.2) is 9.18 Å². The number of carbonyl (C=O) groups is 2. The average Bonchev–Trinajstić information content (AvgIpc) is 3.30. The van der Waals surface area contributed by atoms with E-state index in [-0.39, 0.29) is 29.4 Å². The minimum absolute atomic E-state index is 0.126. The minimum Gasteiger partial charge on any atom is -0.365 e. The van der Waals surface area contributed by atoms with Crippen LogP contribution in [-0.4, -0.2) is 42.3 Å². The number of nitrogens with two attached hydrogens (primary N) is 2. The van der Waals surface area contributed by atoms with Crippen LogP contribution in [0.1, 0.15) is 44.3 Å². The van der Waals surface area contributed by atoms with Crippen molar-refractivity contribution in [3.05, 3.63) is 75.7 Å². The fourth-order valence-electron chi connectivity index (χ4n) is 4.85. The minimum atomic E-state index is -2.73. The summed E-state index contributed by atoms with van der Waals surface area (Å²) in [7, 11) is -2.73. The Morgan fingerprint density at radius 2 is 1.82 bits per heavy atom. The number of amides is 3. The van der Waals surface area contributed by atoms with Gasteiger partial charge in [-0.1, -0.05) is 18.2 Å². The molecule has 34 heavy (non-hydrogen) atoms.